The van der Waals surface area contributed by atoms with Crippen molar-refractivity contribution in [1.82, 2.24) is 4.90 Å². The van der Waals surface area contributed by atoms with E-state index in [-0.39, 0.29) is 11.4 Å². The van der Waals surface area contributed by atoms with Gasteiger partial charge in [0.15, 0.2) is 0 Å². The number of benzene rings is 2. The van der Waals surface area contributed by atoms with Crippen molar-refractivity contribution < 1.29 is 14.3 Å². The molecule has 1 aliphatic heterocycles. The summed E-state index contributed by atoms with van der Waals surface area (Å²) in [4.78, 5) is 13.0. The van der Waals surface area contributed by atoms with Gasteiger partial charge in [-0.15, -0.1) is 0 Å². The molecule has 1 aliphatic rings. The third kappa shape index (κ3) is 2.42. The van der Waals surface area contributed by atoms with Gasteiger partial charge in [-0.3, -0.25) is 4.90 Å². The van der Waals surface area contributed by atoms with Gasteiger partial charge in [0.1, 0.15) is 5.82 Å². The van der Waals surface area contributed by atoms with E-state index in [2.05, 4.69) is 17.0 Å². The van der Waals surface area contributed by atoms with Crippen LogP contribution in [0.3, 0.4) is 0 Å². The first-order valence-electron chi connectivity index (χ1n) is 6.44. The van der Waals surface area contributed by atoms with Crippen molar-refractivity contribution in [2.75, 3.05) is 0 Å². The average Bonchev–Trinajstić information content (AvgIpc) is 2.83. The molecule has 2 aromatic rings. The highest BCUT2D eigenvalue weighted by Gasteiger charge is 2.19. The molecule has 0 unspecified atom stereocenters. The zero-order valence-corrected chi connectivity index (χ0v) is 10.8. The zero-order chi connectivity index (χ0) is 14.1. The summed E-state index contributed by atoms with van der Waals surface area (Å²) in [6, 6.07) is 12.1. The van der Waals surface area contributed by atoms with E-state index in [1.165, 1.54) is 29.3 Å². The number of rotatable bonds is 3. The molecule has 0 radical (unpaired) electrons. The lowest BCUT2D eigenvalue weighted by Gasteiger charge is -2.15. The minimum Gasteiger partial charge on any atom is -0.478 e. The lowest BCUT2D eigenvalue weighted by atomic mass is 10.1. The van der Waals surface area contributed by atoms with Gasteiger partial charge in [0.2, 0.25) is 0 Å². The predicted octanol–water partition coefficient (Wildman–Crippen LogP) is 3.04. The van der Waals surface area contributed by atoms with E-state index in [0.29, 0.717) is 12.1 Å². The van der Waals surface area contributed by atoms with E-state index < -0.39 is 5.97 Å². The van der Waals surface area contributed by atoms with Crippen molar-refractivity contribution in [2.24, 2.45) is 0 Å². The summed E-state index contributed by atoms with van der Waals surface area (Å²) >= 11 is 0. The minimum atomic E-state index is -1.03. The maximum absolute atomic E-state index is 13.8. The molecule has 1 heterocycles. The number of fused-ring (bicyclic) bond motifs is 1. The summed E-state index contributed by atoms with van der Waals surface area (Å²) < 4.78 is 13.8. The summed E-state index contributed by atoms with van der Waals surface area (Å²) in [5.41, 5.74) is 3.06. The smallest absolute Gasteiger partial charge is 0.335 e. The Bertz CT molecular complexity index is 644. The molecule has 3 nitrogen and oxygen atoms in total. The number of halogens is 1. The van der Waals surface area contributed by atoms with Gasteiger partial charge in [0.05, 0.1) is 5.56 Å². The Hall–Kier alpha value is -2.20. The number of carboxylic acid groups (broad SMARTS) is 1. The summed E-state index contributed by atoms with van der Waals surface area (Å²) in [5, 5.41) is 8.97. The van der Waals surface area contributed by atoms with Gasteiger partial charge >= 0.3 is 5.97 Å². The topological polar surface area (TPSA) is 40.5 Å². The first-order chi connectivity index (χ1) is 9.63. The van der Waals surface area contributed by atoms with Crippen LogP contribution in [0.15, 0.2) is 42.5 Å². The fourth-order valence-corrected chi connectivity index (χ4v) is 2.59. The molecule has 0 amide bonds. The highest BCUT2D eigenvalue weighted by molar-refractivity contribution is 5.87. The van der Waals surface area contributed by atoms with Crippen molar-refractivity contribution in [1.29, 1.82) is 0 Å². The Morgan fingerprint density at radius 3 is 2.40 bits per heavy atom. The largest absolute Gasteiger partial charge is 0.478 e. The molecule has 0 fully saturated rings. The number of nitrogens with zero attached hydrogens (tertiary/aromatic N) is 1. The monoisotopic (exact) mass is 271 g/mol. The molecule has 0 bridgehead atoms. The van der Waals surface area contributed by atoms with Gasteiger partial charge in [-0.05, 0) is 29.3 Å². The number of carboxylic acids is 1. The van der Waals surface area contributed by atoms with Crippen LogP contribution < -0.4 is 0 Å². The molecule has 102 valence electrons. The van der Waals surface area contributed by atoms with Crippen molar-refractivity contribution >= 4 is 5.97 Å². The second-order valence-electron chi connectivity index (χ2n) is 5.03. The van der Waals surface area contributed by atoms with Crippen LogP contribution in [0.2, 0.25) is 0 Å². The van der Waals surface area contributed by atoms with Gasteiger partial charge in [0, 0.05) is 25.2 Å². The minimum absolute atomic E-state index is 0.123. The molecule has 0 saturated carbocycles. The lowest BCUT2D eigenvalue weighted by Crippen LogP contribution is -2.17. The van der Waals surface area contributed by atoms with Gasteiger partial charge in [0.25, 0.3) is 0 Å². The second kappa shape index (κ2) is 5.06. The normalized spacial score (nSPS) is 14.2. The Kier molecular flexibility index (Phi) is 3.24. The molecule has 1 N–H and O–H groups in total. The zero-order valence-electron chi connectivity index (χ0n) is 10.8. The van der Waals surface area contributed by atoms with Gasteiger partial charge in [-0.2, -0.15) is 0 Å². The molecule has 0 aliphatic carbocycles. The average molecular weight is 271 g/mol. The van der Waals surface area contributed by atoms with Crippen molar-refractivity contribution in [3.63, 3.8) is 0 Å². The Balaban J connectivity index is 1.80. The van der Waals surface area contributed by atoms with Crippen LogP contribution in [-0.4, -0.2) is 16.0 Å². The van der Waals surface area contributed by atoms with Crippen LogP contribution in [0.1, 0.15) is 27.0 Å². The summed E-state index contributed by atoms with van der Waals surface area (Å²) in [7, 11) is 0. The Labute approximate surface area is 116 Å². The SMILES string of the molecule is O=C(O)c1ccc(F)c(CN2Cc3ccccc3C2)c1. The standard InChI is InChI=1S/C16H14FNO2/c17-15-6-5-11(16(19)20)7-14(15)10-18-8-12-3-1-2-4-13(12)9-18/h1-7H,8-10H2,(H,19,20). The molecule has 3 rings (SSSR count). The molecule has 2 aromatic carbocycles. The summed E-state index contributed by atoms with van der Waals surface area (Å²) in [6.45, 7) is 1.96. The van der Waals surface area contributed by atoms with E-state index >= 15 is 0 Å². The summed E-state index contributed by atoms with van der Waals surface area (Å²) in [5.74, 6) is -1.39. The van der Waals surface area contributed by atoms with Gasteiger partial charge < -0.3 is 5.11 Å². The third-order valence-corrected chi connectivity index (χ3v) is 3.59. The van der Waals surface area contributed by atoms with Crippen LogP contribution in [0, 0.1) is 5.82 Å². The summed E-state index contributed by atoms with van der Waals surface area (Å²) in [6.07, 6.45) is 0. The first-order valence-corrected chi connectivity index (χ1v) is 6.44. The van der Waals surface area contributed by atoms with Crippen molar-refractivity contribution in [3.05, 3.63) is 70.5 Å². The lowest BCUT2D eigenvalue weighted by molar-refractivity contribution is 0.0696. The van der Waals surface area contributed by atoms with Gasteiger partial charge in [-0.1, -0.05) is 24.3 Å². The van der Waals surface area contributed by atoms with Crippen LogP contribution in [0.4, 0.5) is 4.39 Å². The Morgan fingerprint density at radius 1 is 1.15 bits per heavy atom. The number of hydrogen-bond acceptors (Lipinski definition) is 2. The fraction of sp³-hybridized carbons (Fsp3) is 0.188. The molecule has 0 aromatic heterocycles. The van der Waals surface area contributed by atoms with Crippen LogP contribution in [0.5, 0.6) is 0 Å². The van der Waals surface area contributed by atoms with E-state index in [1.807, 2.05) is 12.1 Å². The molecule has 20 heavy (non-hydrogen) atoms. The van der Waals surface area contributed by atoms with E-state index in [0.717, 1.165) is 13.1 Å². The molecular formula is C16H14FNO2. The maximum Gasteiger partial charge on any atom is 0.335 e. The van der Waals surface area contributed by atoms with Gasteiger partial charge in [-0.25, -0.2) is 9.18 Å². The highest BCUT2D eigenvalue weighted by atomic mass is 19.1. The van der Waals surface area contributed by atoms with Crippen molar-refractivity contribution in [3.8, 4) is 0 Å². The molecule has 0 spiro atoms. The van der Waals surface area contributed by atoms with Crippen molar-refractivity contribution in [2.45, 2.75) is 19.6 Å². The number of hydrogen-bond donors (Lipinski definition) is 1. The molecule has 0 saturated heterocycles. The third-order valence-electron chi connectivity index (χ3n) is 3.59. The molecular weight excluding hydrogens is 257 g/mol. The quantitative estimate of drug-likeness (QED) is 0.932. The van der Waals surface area contributed by atoms with E-state index in [9.17, 15) is 9.18 Å². The first kappa shape index (κ1) is 12.8. The highest BCUT2D eigenvalue weighted by Crippen LogP contribution is 2.24. The predicted molar refractivity (Wildman–Crippen MR) is 72.8 cm³/mol. The molecule has 4 heteroatoms. The maximum atomic E-state index is 13.8. The number of aromatic carboxylic acids is 1. The van der Waals surface area contributed by atoms with E-state index in [1.54, 1.807) is 0 Å². The fourth-order valence-electron chi connectivity index (χ4n) is 2.59. The van der Waals surface area contributed by atoms with Crippen LogP contribution >= 0.6 is 0 Å². The Morgan fingerprint density at radius 2 is 1.80 bits per heavy atom. The van der Waals surface area contributed by atoms with Crippen LogP contribution in [-0.2, 0) is 19.6 Å². The molecule has 0 atom stereocenters. The van der Waals surface area contributed by atoms with Crippen LogP contribution in [0.25, 0.3) is 0 Å². The second-order valence-corrected chi connectivity index (χ2v) is 5.03. The number of carbonyl (C=O) groups is 1. The van der Waals surface area contributed by atoms with E-state index in [4.69, 9.17) is 5.11 Å².